The van der Waals surface area contributed by atoms with E-state index >= 15 is 0 Å². The number of nitro groups is 1. The number of aryl methyl sites for hydroxylation is 1. The molecule has 0 aliphatic rings. The van der Waals surface area contributed by atoms with Crippen LogP contribution in [0.5, 0.6) is 0 Å². The number of nitrogens with zero attached hydrogens (tertiary/aromatic N) is 4. The van der Waals surface area contributed by atoms with E-state index in [-0.39, 0.29) is 18.0 Å². The lowest BCUT2D eigenvalue weighted by Gasteiger charge is -2.07. The van der Waals surface area contributed by atoms with Crippen molar-refractivity contribution in [2.45, 2.75) is 18.7 Å². The van der Waals surface area contributed by atoms with Crippen LogP contribution in [0.4, 0.5) is 5.69 Å². The molecule has 0 radical (unpaired) electrons. The second-order valence-electron chi connectivity index (χ2n) is 5.69. The molecule has 3 aromatic rings. The average molecular weight is 384 g/mol. The van der Waals surface area contributed by atoms with E-state index in [1.807, 2.05) is 31.2 Å². The molecule has 27 heavy (non-hydrogen) atoms. The first-order valence-electron chi connectivity index (χ1n) is 8.02. The summed E-state index contributed by atoms with van der Waals surface area (Å²) in [6.45, 7) is 2.06. The summed E-state index contributed by atoms with van der Waals surface area (Å²) < 4.78 is 7.00. The number of carbonyl (C=O) groups is 1. The van der Waals surface area contributed by atoms with Crippen molar-refractivity contribution in [2.75, 3.05) is 5.75 Å². The fraction of sp³-hybridized carbons (Fsp3) is 0.167. The van der Waals surface area contributed by atoms with Gasteiger partial charge < -0.3 is 4.74 Å². The van der Waals surface area contributed by atoms with Crippen molar-refractivity contribution < 1.29 is 14.5 Å². The largest absolute Gasteiger partial charge is 0.460 e. The smallest absolute Gasteiger partial charge is 0.316 e. The molecule has 0 saturated heterocycles. The van der Waals surface area contributed by atoms with Gasteiger partial charge in [0, 0.05) is 17.8 Å². The van der Waals surface area contributed by atoms with E-state index in [1.54, 1.807) is 23.0 Å². The second-order valence-corrected chi connectivity index (χ2v) is 6.63. The Morgan fingerprint density at radius 1 is 1.19 bits per heavy atom. The number of ether oxygens (including phenoxy) is 1. The van der Waals surface area contributed by atoms with Crippen molar-refractivity contribution in [2.24, 2.45) is 0 Å². The zero-order valence-corrected chi connectivity index (χ0v) is 15.3. The minimum atomic E-state index is -0.476. The lowest BCUT2D eigenvalue weighted by atomic mass is 10.2. The van der Waals surface area contributed by atoms with Crippen LogP contribution in [0.15, 0.2) is 60.0 Å². The van der Waals surface area contributed by atoms with Gasteiger partial charge in [0.15, 0.2) is 5.16 Å². The van der Waals surface area contributed by atoms with E-state index in [2.05, 4.69) is 10.2 Å². The van der Waals surface area contributed by atoms with Crippen molar-refractivity contribution in [3.8, 4) is 5.69 Å². The predicted molar refractivity (Wildman–Crippen MR) is 99.7 cm³/mol. The number of hydrogen-bond donors (Lipinski definition) is 0. The third kappa shape index (κ3) is 4.91. The number of carbonyl (C=O) groups excluding carboxylic acids is 1. The SMILES string of the molecule is Cc1ccc(-n2cnnc2SCC(=O)OCc2ccc([N+](=O)[O-])cc2)cc1. The first-order chi connectivity index (χ1) is 13.0. The van der Waals surface area contributed by atoms with Gasteiger partial charge in [-0.25, -0.2) is 0 Å². The summed E-state index contributed by atoms with van der Waals surface area (Å²) >= 11 is 1.23. The van der Waals surface area contributed by atoms with E-state index in [0.29, 0.717) is 10.7 Å². The first kappa shape index (κ1) is 18.6. The summed E-state index contributed by atoms with van der Waals surface area (Å²) in [7, 11) is 0. The molecule has 0 saturated carbocycles. The highest BCUT2D eigenvalue weighted by Gasteiger charge is 2.11. The topological polar surface area (TPSA) is 100 Å². The van der Waals surface area contributed by atoms with Crippen molar-refractivity contribution in [1.29, 1.82) is 0 Å². The molecule has 3 rings (SSSR count). The maximum Gasteiger partial charge on any atom is 0.316 e. The number of aromatic nitrogens is 3. The van der Waals surface area contributed by atoms with Crippen LogP contribution in [0.3, 0.4) is 0 Å². The van der Waals surface area contributed by atoms with Gasteiger partial charge in [-0.05, 0) is 36.8 Å². The van der Waals surface area contributed by atoms with E-state index in [0.717, 1.165) is 11.3 Å². The van der Waals surface area contributed by atoms with Gasteiger partial charge in [0.25, 0.3) is 5.69 Å². The molecule has 0 spiro atoms. The molecule has 1 heterocycles. The molecule has 0 bridgehead atoms. The number of thioether (sulfide) groups is 1. The monoisotopic (exact) mass is 384 g/mol. The highest BCUT2D eigenvalue weighted by atomic mass is 32.2. The molecule has 0 amide bonds. The molecule has 0 unspecified atom stereocenters. The Kier molecular flexibility index (Phi) is 5.82. The Labute approximate surface area is 159 Å². The van der Waals surface area contributed by atoms with Crippen molar-refractivity contribution >= 4 is 23.4 Å². The van der Waals surface area contributed by atoms with Crippen molar-refractivity contribution in [3.63, 3.8) is 0 Å². The van der Waals surface area contributed by atoms with Gasteiger partial charge >= 0.3 is 5.97 Å². The van der Waals surface area contributed by atoms with Gasteiger partial charge in [-0.1, -0.05) is 29.5 Å². The summed E-state index contributed by atoms with van der Waals surface area (Å²) in [5.74, 6) is -0.325. The number of nitro benzene ring substituents is 1. The van der Waals surface area contributed by atoms with Crippen LogP contribution in [-0.4, -0.2) is 31.4 Å². The number of esters is 1. The maximum absolute atomic E-state index is 12.0. The zero-order valence-electron chi connectivity index (χ0n) is 14.4. The Hall–Kier alpha value is -3.20. The normalized spacial score (nSPS) is 10.6. The molecule has 9 heteroatoms. The Balaban J connectivity index is 1.53. The van der Waals surface area contributed by atoms with Gasteiger partial charge in [-0.3, -0.25) is 19.5 Å². The molecule has 138 valence electrons. The molecular weight excluding hydrogens is 368 g/mol. The number of benzene rings is 2. The lowest BCUT2D eigenvalue weighted by Crippen LogP contribution is -2.08. The molecule has 8 nitrogen and oxygen atoms in total. The molecule has 0 fully saturated rings. The van der Waals surface area contributed by atoms with Crippen LogP contribution in [0.25, 0.3) is 5.69 Å². The number of non-ortho nitro benzene ring substituents is 1. The average Bonchev–Trinajstić information content (AvgIpc) is 3.14. The minimum absolute atomic E-state index is 0.00364. The van der Waals surface area contributed by atoms with Crippen molar-refractivity contribution in [3.05, 3.63) is 76.1 Å². The summed E-state index contributed by atoms with van der Waals surface area (Å²) in [4.78, 5) is 22.1. The van der Waals surface area contributed by atoms with E-state index in [9.17, 15) is 14.9 Å². The van der Waals surface area contributed by atoms with Gasteiger partial charge in [-0.15, -0.1) is 10.2 Å². The maximum atomic E-state index is 12.0. The zero-order chi connectivity index (χ0) is 19.2. The van der Waals surface area contributed by atoms with Crippen LogP contribution in [0, 0.1) is 17.0 Å². The predicted octanol–water partition coefficient (Wildman–Crippen LogP) is 3.32. The van der Waals surface area contributed by atoms with Crippen LogP contribution in [0.1, 0.15) is 11.1 Å². The Morgan fingerprint density at radius 3 is 2.56 bits per heavy atom. The van der Waals surface area contributed by atoms with Gasteiger partial charge in [-0.2, -0.15) is 0 Å². The lowest BCUT2D eigenvalue weighted by molar-refractivity contribution is -0.384. The quantitative estimate of drug-likeness (QED) is 0.267. The van der Waals surface area contributed by atoms with Gasteiger partial charge in [0.05, 0.1) is 10.7 Å². The van der Waals surface area contributed by atoms with Crippen molar-refractivity contribution in [1.82, 2.24) is 14.8 Å². The number of rotatable bonds is 7. The van der Waals surface area contributed by atoms with Crippen LogP contribution in [-0.2, 0) is 16.1 Å². The highest BCUT2D eigenvalue weighted by Crippen LogP contribution is 2.20. The molecule has 1 aromatic heterocycles. The molecular formula is C18H16N4O4S. The highest BCUT2D eigenvalue weighted by molar-refractivity contribution is 7.99. The fourth-order valence-electron chi connectivity index (χ4n) is 2.25. The standard InChI is InChI=1S/C18H16N4O4S/c1-13-2-6-15(7-3-13)21-12-19-20-18(21)27-11-17(23)26-10-14-4-8-16(9-5-14)22(24)25/h2-9,12H,10-11H2,1H3. The molecule has 0 aliphatic carbocycles. The summed E-state index contributed by atoms with van der Waals surface area (Å²) in [6.07, 6.45) is 1.59. The van der Waals surface area contributed by atoms with Gasteiger partial charge in [0.2, 0.25) is 0 Å². The van der Waals surface area contributed by atoms with E-state index in [4.69, 9.17) is 4.74 Å². The van der Waals surface area contributed by atoms with Gasteiger partial charge in [0.1, 0.15) is 12.9 Å². The molecule has 0 aliphatic heterocycles. The Bertz CT molecular complexity index is 939. The second kappa shape index (κ2) is 8.45. The molecule has 2 aromatic carbocycles. The van der Waals surface area contributed by atoms with Crippen LogP contribution < -0.4 is 0 Å². The summed E-state index contributed by atoms with van der Waals surface area (Å²) in [5.41, 5.74) is 2.74. The van der Waals surface area contributed by atoms with E-state index in [1.165, 1.54) is 23.9 Å². The molecule has 0 atom stereocenters. The van der Waals surface area contributed by atoms with Crippen LogP contribution in [0.2, 0.25) is 0 Å². The number of hydrogen-bond acceptors (Lipinski definition) is 7. The van der Waals surface area contributed by atoms with E-state index < -0.39 is 10.9 Å². The van der Waals surface area contributed by atoms with Crippen LogP contribution >= 0.6 is 11.8 Å². The minimum Gasteiger partial charge on any atom is -0.460 e. The fourth-order valence-corrected chi connectivity index (χ4v) is 2.97. The molecule has 0 N–H and O–H groups in total. The third-order valence-corrected chi connectivity index (χ3v) is 4.61. The Morgan fingerprint density at radius 2 is 1.89 bits per heavy atom. The summed E-state index contributed by atoms with van der Waals surface area (Å²) in [6, 6.07) is 13.8. The summed E-state index contributed by atoms with van der Waals surface area (Å²) in [5, 5.41) is 19.2. The third-order valence-electron chi connectivity index (χ3n) is 3.69. The first-order valence-corrected chi connectivity index (χ1v) is 9.00.